The number of hydrogen-bond acceptors (Lipinski definition) is 3. The fraction of sp³-hybridized carbons (Fsp3) is 0.500. The molecule has 19 heavy (non-hydrogen) atoms. The molecule has 0 aliphatic carbocycles. The SMILES string of the molecule is CC1(C)COc2cc(Cl)c(CCC(=O)O)cc2OC1. The summed E-state index contributed by atoms with van der Waals surface area (Å²) in [7, 11) is 0. The van der Waals surface area contributed by atoms with Crippen LogP contribution < -0.4 is 9.47 Å². The highest BCUT2D eigenvalue weighted by Gasteiger charge is 2.26. The summed E-state index contributed by atoms with van der Waals surface area (Å²) in [6, 6.07) is 3.48. The van der Waals surface area contributed by atoms with Crippen LogP contribution >= 0.6 is 11.6 Å². The molecule has 1 aliphatic heterocycles. The molecule has 5 heteroatoms. The van der Waals surface area contributed by atoms with Gasteiger partial charge in [0.2, 0.25) is 0 Å². The van der Waals surface area contributed by atoms with Gasteiger partial charge in [-0.25, -0.2) is 0 Å². The van der Waals surface area contributed by atoms with Gasteiger partial charge in [0.05, 0.1) is 13.2 Å². The maximum Gasteiger partial charge on any atom is 0.303 e. The van der Waals surface area contributed by atoms with Gasteiger partial charge in [0.25, 0.3) is 0 Å². The molecule has 1 heterocycles. The Balaban J connectivity index is 2.23. The molecule has 0 aromatic heterocycles. The first-order valence-corrected chi connectivity index (χ1v) is 6.55. The summed E-state index contributed by atoms with van der Waals surface area (Å²) in [6.07, 6.45) is 0.430. The fourth-order valence-corrected chi connectivity index (χ4v) is 2.07. The van der Waals surface area contributed by atoms with Gasteiger partial charge in [-0.3, -0.25) is 4.79 Å². The van der Waals surface area contributed by atoms with Crippen LogP contribution in [-0.4, -0.2) is 24.3 Å². The van der Waals surface area contributed by atoms with Crippen LogP contribution in [0.4, 0.5) is 0 Å². The minimum absolute atomic E-state index is 0.0465. The largest absolute Gasteiger partial charge is 0.489 e. The number of aryl methyl sites for hydroxylation is 1. The Labute approximate surface area is 117 Å². The summed E-state index contributed by atoms with van der Waals surface area (Å²) >= 11 is 6.14. The molecule has 4 nitrogen and oxygen atoms in total. The summed E-state index contributed by atoms with van der Waals surface area (Å²) in [5, 5.41) is 9.24. The zero-order valence-electron chi connectivity index (χ0n) is 11.0. The van der Waals surface area contributed by atoms with Gasteiger partial charge in [-0.05, 0) is 18.1 Å². The molecule has 0 radical (unpaired) electrons. The molecule has 104 valence electrons. The average Bonchev–Trinajstić information content (AvgIpc) is 2.46. The zero-order chi connectivity index (χ0) is 14.0. The molecule has 2 rings (SSSR count). The van der Waals surface area contributed by atoms with E-state index in [-0.39, 0.29) is 11.8 Å². The van der Waals surface area contributed by atoms with E-state index in [1.54, 1.807) is 12.1 Å². The number of benzene rings is 1. The van der Waals surface area contributed by atoms with Crippen molar-refractivity contribution in [1.29, 1.82) is 0 Å². The Bertz CT molecular complexity index is 496. The molecule has 0 saturated carbocycles. The van der Waals surface area contributed by atoms with E-state index < -0.39 is 5.97 Å². The van der Waals surface area contributed by atoms with Crippen molar-refractivity contribution >= 4 is 17.6 Å². The highest BCUT2D eigenvalue weighted by Crippen LogP contribution is 2.38. The van der Waals surface area contributed by atoms with Gasteiger partial charge in [0.15, 0.2) is 11.5 Å². The Morgan fingerprint density at radius 2 is 1.89 bits per heavy atom. The molecule has 0 spiro atoms. The molecule has 0 bridgehead atoms. The van der Waals surface area contributed by atoms with Crippen LogP contribution in [0.2, 0.25) is 5.02 Å². The van der Waals surface area contributed by atoms with E-state index >= 15 is 0 Å². The normalized spacial score (nSPS) is 16.8. The molecular formula is C14H17ClO4. The number of carboxylic acid groups (broad SMARTS) is 1. The predicted molar refractivity (Wildman–Crippen MR) is 72.2 cm³/mol. The lowest BCUT2D eigenvalue weighted by molar-refractivity contribution is -0.136. The van der Waals surface area contributed by atoms with E-state index in [9.17, 15) is 4.79 Å². The van der Waals surface area contributed by atoms with Gasteiger partial charge < -0.3 is 14.6 Å². The smallest absolute Gasteiger partial charge is 0.303 e. The van der Waals surface area contributed by atoms with Crippen molar-refractivity contribution in [2.24, 2.45) is 5.41 Å². The molecule has 1 aromatic carbocycles. The van der Waals surface area contributed by atoms with Crippen LogP contribution in [0.1, 0.15) is 25.8 Å². The van der Waals surface area contributed by atoms with Crippen molar-refractivity contribution in [3.8, 4) is 11.5 Å². The lowest BCUT2D eigenvalue weighted by Gasteiger charge is -2.19. The summed E-state index contributed by atoms with van der Waals surface area (Å²) < 4.78 is 11.4. The number of ether oxygens (including phenoxy) is 2. The number of carbonyl (C=O) groups is 1. The Kier molecular flexibility index (Phi) is 3.90. The maximum absolute atomic E-state index is 10.6. The maximum atomic E-state index is 10.6. The predicted octanol–water partition coefficient (Wildman–Crippen LogP) is 3.15. The summed E-state index contributed by atoms with van der Waals surface area (Å²) in [5.74, 6) is 0.411. The standard InChI is InChI=1S/C14H17ClO4/c1-14(2)7-18-11-5-9(3-4-13(16)17)10(15)6-12(11)19-8-14/h5-6H,3-4,7-8H2,1-2H3,(H,16,17). The van der Waals surface area contributed by atoms with Crippen LogP contribution in [0.15, 0.2) is 12.1 Å². The number of fused-ring (bicyclic) bond motifs is 1. The Morgan fingerprint density at radius 1 is 1.32 bits per heavy atom. The van der Waals surface area contributed by atoms with Crippen molar-refractivity contribution < 1.29 is 19.4 Å². The van der Waals surface area contributed by atoms with E-state index in [2.05, 4.69) is 13.8 Å². The van der Waals surface area contributed by atoms with E-state index in [0.717, 1.165) is 5.56 Å². The van der Waals surface area contributed by atoms with Gasteiger partial charge in [0, 0.05) is 22.9 Å². The highest BCUT2D eigenvalue weighted by atomic mass is 35.5. The quantitative estimate of drug-likeness (QED) is 0.926. The van der Waals surface area contributed by atoms with E-state index in [4.69, 9.17) is 26.2 Å². The van der Waals surface area contributed by atoms with Crippen molar-refractivity contribution in [2.75, 3.05) is 13.2 Å². The molecule has 0 fully saturated rings. The average molecular weight is 285 g/mol. The van der Waals surface area contributed by atoms with E-state index in [0.29, 0.717) is 36.2 Å². The molecule has 1 aromatic rings. The minimum Gasteiger partial charge on any atom is -0.489 e. The van der Waals surface area contributed by atoms with Gasteiger partial charge in [-0.2, -0.15) is 0 Å². The number of halogens is 1. The lowest BCUT2D eigenvalue weighted by Crippen LogP contribution is -2.26. The Morgan fingerprint density at radius 3 is 2.47 bits per heavy atom. The first-order chi connectivity index (χ1) is 8.87. The first kappa shape index (κ1) is 14.0. The van der Waals surface area contributed by atoms with Crippen molar-refractivity contribution in [1.82, 2.24) is 0 Å². The Hall–Kier alpha value is -1.42. The molecule has 0 saturated heterocycles. The van der Waals surface area contributed by atoms with Crippen molar-refractivity contribution in [3.05, 3.63) is 22.7 Å². The van der Waals surface area contributed by atoms with Crippen LogP contribution in [0.25, 0.3) is 0 Å². The highest BCUT2D eigenvalue weighted by molar-refractivity contribution is 6.31. The second-order valence-electron chi connectivity index (χ2n) is 5.53. The lowest BCUT2D eigenvalue weighted by atomic mass is 9.97. The molecular weight excluding hydrogens is 268 g/mol. The number of carboxylic acids is 1. The summed E-state index contributed by atoms with van der Waals surface area (Å²) in [4.78, 5) is 10.6. The van der Waals surface area contributed by atoms with Gasteiger partial charge in [-0.1, -0.05) is 25.4 Å². The molecule has 0 amide bonds. The molecule has 1 N–H and O–H groups in total. The minimum atomic E-state index is -0.843. The summed E-state index contributed by atoms with van der Waals surface area (Å²) in [6.45, 7) is 5.24. The fourth-order valence-electron chi connectivity index (χ4n) is 1.82. The van der Waals surface area contributed by atoms with Crippen LogP contribution in [0, 0.1) is 5.41 Å². The second kappa shape index (κ2) is 5.29. The van der Waals surface area contributed by atoms with Gasteiger partial charge >= 0.3 is 5.97 Å². The van der Waals surface area contributed by atoms with E-state index in [1.807, 2.05) is 0 Å². The van der Waals surface area contributed by atoms with Gasteiger partial charge in [0.1, 0.15) is 0 Å². The third kappa shape index (κ3) is 3.53. The molecule has 0 atom stereocenters. The topological polar surface area (TPSA) is 55.8 Å². The van der Waals surface area contributed by atoms with Crippen LogP contribution in [-0.2, 0) is 11.2 Å². The number of rotatable bonds is 3. The monoisotopic (exact) mass is 284 g/mol. The van der Waals surface area contributed by atoms with E-state index in [1.165, 1.54) is 0 Å². The van der Waals surface area contributed by atoms with Crippen LogP contribution in [0.3, 0.4) is 0 Å². The van der Waals surface area contributed by atoms with Gasteiger partial charge in [-0.15, -0.1) is 0 Å². The number of aliphatic carboxylic acids is 1. The van der Waals surface area contributed by atoms with Crippen molar-refractivity contribution in [2.45, 2.75) is 26.7 Å². The second-order valence-corrected chi connectivity index (χ2v) is 5.93. The third-order valence-corrected chi connectivity index (χ3v) is 3.31. The van der Waals surface area contributed by atoms with Crippen LogP contribution in [0.5, 0.6) is 11.5 Å². The first-order valence-electron chi connectivity index (χ1n) is 6.17. The molecule has 1 aliphatic rings. The molecule has 0 unspecified atom stereocenters. The third-order valence-electron chi connectivity index (χ3n) is 2.96. The van der Waals surface area contributed by atoms with Crippen molar-refractivity contribution in [3.63, 3.8) is 0 Å². The zero-order valence-corrected chi connectivity index (χ0v) is 11.8. The number of hydrogen-bond donors (Lipinski definition) is 1. The summed E-state index contributed by atoms with van der Waals surface area (Å²) in [5.41, 5.74) is 0.707.